The number of carbonyl (C=O) groups is 1. The first-order chi connectivity index (χ1) is 17.8. The molecular formula is C30H25N5O. The van der Waals surface area contributed by atoms with Crippen LogP contribution < -0.4 is 10.4 Å². The maximum atomic E-state index is 12.1. The van der Waals surface area contributed by atoms with Crippen LogP contribution in [0.25, 0.3) is 6.08 Å². The predicted molar refractivity (Wildman–Crippen MR) is 145 cm³/mol. The highest BCUT2D eigenvalue weighted by Gasteiger charge is 2.28. The first-order valence-corrected chi connectivity index (χ1v) is 11.7. The molecule has 1 aliphatic rings. The first kappa shape index (κ1) is 22.9. The van der Waals surface area contributed by atoms with Crippen molar-refractivity contribution in [3.8, 4) is 0 Å². The molecule has 1 aliphatic heterocycles. The van der Waals surface area contributed by atoms with E-state index < -0.39 is 0 Å². The number of aromatic nitrogens is 1. The summed E-state index contributed by atoms with van der Waals surface area (Å²) in [7, 11) is 0. The van der Waals surface area contributed by atoms with Gasteiger partial charge in [-0.1, -0.05) is 78.9 Å². The number of rotatable bonds is 7. The van der Waals surface area contributed by atoms with Gasteiger partial charge in [0.2, 0.25) is 0 Å². The number of amides is 1. The van der Waals surface area contributed by atoms with E-state index in [1.165, 1.54) is 5.56 Å². The molecule has 0 fully saturated rings. The number of benzene rings is 3. The minimum Gasteiger partial charge on any atom is -0.267 e. The van der Waals surface area contributed by atoms with Crippen molar-refractivity contribution in [2.75, 3.05) is 5.01 Å². The number of allylic oxidation sites excluding steroid dienone is 1. The van der Waals surface area contributed by atoms with Crippen molar-refractivity contribution in [2.24, 2.45) is 10.2 Å². The van der Waals surface area contributed by atoms with Crippen LogP contribution in [0.4, 0.5) is 5.69 Å². The van der Waals surface area contributed by atoms with Gasteiger partial charge < -0.3 is 0 Å². The molecule has 1 aromatic heterocycles. The van der Waals surface area contributed by atoms with Gasteiger partial charge in [-0.3, -0.25) is 14.8 Å². The van der Waals surface area contributed by atoms with Gasteiger partial charge in [-0.05, 0) is 47.0 Å². The zero-order valence-electron chi connectivity index (χ0n) is 19.6. The quantitative estimate of drug-likeness (QED) is 0.271. The summed E-state index contributed by atoms with van der Waals surface area (Å²) in [6.45, 7) is 0. The molecule has 5 rings (SSSR count). The van der Waals surface area contributed by atoms with Crippen LogP contribution in [0.3, 0.4) is 0 Å². The second-order valence-electron chi connectivity index (χ2n) is 8.34. The maximum absolute atomic E-state index is 12.1. The molecule has 0 saturated carbocycles. The van der Waals surface area contributed by atoms with Crippen LogP contribution in [-0.4, -0.2) is 22.8 Å². The summed E-state index contributed by atoms with van der Waals surface area (Å²) in [5.41, 5.74) is 8.30. The van der Waals surface area contributed by atoms with E-state index in [1.54, 1.807) is 30.7 Å². The summed E-state index contributed by atoms with van der Waals surface area (Å²) >= 11 is 0. The van der Waals surface area contributed by atoms with Crippen LogP contribution in [-0.2, 0) is 0 Å². The molecule has 3 aromatic carbocycles. The summed E-state index contributed by atoms with van der Waals surface area (Å²) in [5, 5.41) is 11.1. The van der Waals surface area contributed by atoms with Crippen molar-refractivity contribution in [1.29, 1.82) is 0 Å². The van der Waals surface area contributed by atoms with Crippen LogP contribution in [0.5, 0.6) is 0 Å². The topological polar surface area (TPSA) is 70.0 Å². The third-order valence-electron chi connectivity index (χ3n) is 5.87. The van der Waals surface area contributed by atoms with Crippen molar-refractivity contribution in [3.63, 3.8) is 0 Å². The summed E-state index contributed by atoms with van der Waals surface area (Å²) in [5.74, 6) is -0.279. The Bertz CT molecular complexity index is 1380. The second-order valence-corrected chi connectivity index (χ2v) is 8.34. The van der Waals surface area contributed by atoms with Gasteiger partial charge in [0.15, 0.2) is 0 Å². The minimum absolute atomic E-state index is 0.112. The average Bonchev–Trinajstić information content (AvgIpc) is 3.38. The van der Waals surface area contributed by atoms with Crippen molar-refractivity contribution in [1.82, 2.24) is 10.4 Å². The van der Waals surface area contributed by atoms with Gasteiger partial charge in [-0.15, -0.1) is 0 Å². The van der Waals surface area contributed by atoms with Crippen LogP contribution in [0.2, 0.25) is 0 Å². The lowest BCUT2D eigenvalue weighted by atomic mass is 10.0. The smallest absolute Gasteiger partial charge is 0.267 e. The maximum Gasteiger partial charge on any atom is 0.271 e. The van der Waals surface area contributed by atoms with Gasteiger partial charge in [0.25, 0.3) is 5.91 Å². The number of hydrazone groups is 2. The van der Waals surface area contributed by atoms with Crippen LogP contribution >= 0.6 is 0 Å². The standard InChI is InChI=1S/C30H25N5O/c36-30(26-17-19-31-20-18-26)33-32-22-24-12-15-28(16-13-24)35-29(25-9-5-2-6-10-25)21-27(34-35)14-11-23-7-3-1-4-8-23/h1-20,22,29H,21H2,(H,33,36)/b14-11+,32-22+. The monoisotopic (exact) mass is 471 g/mol. The highest BCUT2D eigenvalue weighted by molar-refractivity contribution is 6.01. The van der Waals surface area contributed by atoms with Gasteiger partial charge in [-0.2, -0.15) is 10.2 Å². The lowest BCUT2D eigenvalue weighted by Crippen LogP contribution is -2.18. The van der Waals surface area contributed by atoms with Gasteiger partial charge in [0, 0.05) is 24.4 Å². The van der Waals surface area contributed by atoms with Crippen molar-refractivity contribution < 1.29 is 4.79 Å². The van der Waals surface area contributed by atoms with Gasteiger partial charge in [0.05, 0.1) is 23.7 Å². The molecular weight excluding hydrogens is 446 g/mol. The third kappa shape index (κ3) is 5.62. The highest BCUT2D eigenvalue weighted by Crippen LogP contribution is 2.35. The molecule has 0 saturated heterocycles. The molecule has 176 valence electrons. The van der Waals surface area contributed by atoms with E-state index in [4.69, 9.17) is 5.10 Å². The Kier molecular flexibility index (Phi) is 7.04. The third-order valence-corrected chi connectivity index (χ3v) is 5.87. The van der Waals surface area contributed by atoms with E-state index in [0.717, 1.165) is 28.9 Å². The van der Waals surface area contributed by atoms with E-state index in [1.807, 2.05) is 48.5 Å². The fraction of sp³-hybridized carbons (Fsp3) is 0.0667. The number of pyridine rings is 1. The Hall–Kier alpha value is -4.84. The van der Waals surface area contributed by atoms with Crippen LogP contribution in [0.1, 0.15) is 39.5 Å². The Morgan fingerprint density at radius 1 is 0.833 bits per heavy atom. The first-order valence-electron chi connectivity index (χ1n) is 11.7. The van der Waals surface area contributed by atoms with Crippen molar-refractivity contribution in [2.45, 2.75) is 12.5 Å². The lowest BCUT2D eigenvalue weighted by Gasteiger charge is -2.24. The summed E-state index contributed by atoms with van der Waals surface area (Å²) in [4.78, 5) is 16.0. The van der Waals surface area contributed by atoms with Gasteiger partial charge in [0.1, 0.15) is 0 Å². The molecule has 0 aliphatic carbocycles. The Morgan fingerprint density at radius 2 is 1.53 bits per heavy atom. The molecule has 6 heteroatoms. The number of anilines is 1. The highest BCUT2D eigenvalue weighted by atomic mass is 16.2. The molecule has 1 amide bonds. The molecule has 2 heterocycles. The van der Waals surface area contributed by atoms with E-state index in [0.29, 0.717) is 5.56 Å². The van der Waals surface area contributed by atoms with E-state index in [2.05, 4.69) is 69.1 Å². The number of hydrogen-bond acceptors (Lipinski definition) is 5. The summed E-state index contributed by atoms with van der Waals surface area (Å²) in [6, 6.07) is 32.0. The molecule has 36 heavy (non-hydrogen) atoms. The largest absolute Gasteiger partial charge is 0.271 e. The van der Waals surface area contributed by atoms with Gasteiger partial charge in [-0.25, -0.2) is 5.43 Å². The van der Waals surface area contributed by atoms with Gasteiger partial charge >= 0.3 is 0 Å². The average molecular weight is 472 g/mol. The van der Waals surface area contributed by atoms with Crippen LogP contribution in [0, 0.1) is 0 Å². The van der Waals surface area contributed by atoms with Crippen LogP contribution in [0.15, 0.2) is 126 Å². The van der Waals surface area contributed by atoms with E-state index in [-0.39, 0.29) is 11.9 Å². The SMILES string of the molecule is O=C(N/N=C/c1ccc(N2N=C(/C=C/c3ccccc3)CC2c2ccccc2)cc1)c1ccncc1. The molecule has 0 radical (unpaired) electrons. The Morgan fingerprint density at radius 3 is 2.25 bits per heavy atom. The van der Waals surface area contributed by atoms with E-state index in [9.17, 15) is 4.79 Å². The molecule has 4 aromatic rings. The molecule has 1 atom stereocenters. The molecule has 1 N–H and O–H groups in total. The Balaban J connectivity index is 1.32. The minimum atomic E-state index is -0.279. The fourth-order valence-electron chi connectivity index (χ4n) is 4.01. The molecule has 0 bridgehead atoms. The lowest BCUT2D eigenvalue weighted by molar-refractivity contribution is 0.0955. The second kappa shape index (κ2) is 11.1. The fourth-order valence-corrected chi connectivity index (χ4v) is 4.01. The molecule has 1 unspecified atom stereocenters. The zero-order chi connectivity index (χ0) is 24.6. The normalized spacial score (nSPS) is 15.4. The summed E-state index contributed by atoms with van der Waals surface area (Å²) in [6.07, 6.45) is 9.78. The van der Waals surface area contributed by atoms with E-state index >= 15 is 0 Å². The zero-order valence-corrected chi connectivity index (χ0v) is 19.6. The van der Waals surface area contributed by atoms with Crippen molar-refractivity contribution in [3.05, 3.63) is 138 Å². The summed E-state index contributed by atoms with van der Waals surface area (Å²) < 4.78 is 0. The van der Waals surface area contributed by atoms with Crippen molar-refractivity contribution >= 4 is 29.6 Å². The Labute approximate surface area is 210 Å². The molecule has 0 spiro atoms. The number of hydrogen-bond donors (Lipinski definition) is 1. The number of nitrogens with one attached hydrogen (secondary N) is 1. The molecule has 6 nitrogen and oxygen atoms in total. The number of nitrogens with zero attached hydrogens (tertiary/aromatic N) is 4. The predicted octanol–water partition coefficient (Wildman–Crippen LogP) is 5.87. The number of carbonyl (C=O) groups excluding carboxylic acids is 1.